The SMILES string of the molecule is C.CCC1(CC)C=C(c2cccc(C(C)C)c2C(C)C)C=CC1(N)N. The summed E-state index contributed by atoms with van der Waals surface area (Å²) in [7, 11) is 0. The van der Waals surface area contributed by atoms with Crippen molar-refractivity contribution >= 4 is 5.57 Å². The first-order valence-electron chi connectivity index (χ1n) is 9.32. The fourth-order valence-electron chi connectivity index (χ4n) is 4.08. The van der Waals surface area contributed by atoms with Gasteiger partial charge in [-0.1, -0.05) is 79.3 Å². The minimum absolute atomic E-state index is 0. The third kappa shape index (κ3) is 3.75. The Bertz CT molecular complexity index is 644. The van der Waals surface area contributed by atoms with E-state index in [0.29, 0.717) is 11.8 Å². The summed E-state index contributed by atoms with van der Waals surface area (Å²) in [5, 5.41) is 0. The van der Waals surface area contributed by atoms with Gasteiger partial charge in [0.1, 0.15) is 0 Å². The van der Waals surface area contributed by atoms with Gasteiger partial charge >= 0.3 is 0 Å². The Kier molecular flexibility index (Phi) is 6.83. The van der Waals surface area contributed by atoms with Gasteiger partial charge in [0, 0.05) is 5.41 Å². The van der Waals surface area contributed by atoms with Crippen LogP contribution >= 0.6 is 0 Å². The van der Waals surface area contributed by atoms with E-state index in [0.717, 1.165) is 12.8 Å². The molecule has 1 aromatic rings. The van der Waals surface area contributed by atoms with Crippen LogP contribution in [0.1, 0.15) is 90.3 Å². The first-order valence-corrected chi connectivity index (χ1v) is 9.32. The van der Waals surface area contributed by atoms with Crippen LogP contribution in [0.2, 0.25) is 0 Å². The topological polar surface area (TPSA) is 52.0 Å². The van der Waals surface area contributed by atoms with Crippen LogP contribution in [0.25, 0.3) is 5.57 Å². The molecule has 0 atom stereocenters. The molecule has 1 aliphatic carbocycles. The normalized spacial score (nSPS) is 18.2. The first kappa shape index (κ1) is 21.7. The fourth-order valence-corrected chi connectivity index (χ4v) is 4.08. The van der Waals surface area contributed by atoms with E-state index in [1.165, 1.54) is 22.3 Å². The van der Waals surface area contributed by atoms with Crippen LogP contribution in [0.3, 0.4) is 0 Å². The zero-order chi connectivity index (χ0) is 18.1. The second kappa shape index (κ2) is 7.88. The van der Waals surface area contributed by atoms with E-state index >= 15 is 0 Å². The lowest BCUT2D eigenvalue weighted by atomic mass is 9.67. The highest BCUT2D eigenvalue weighted by molar-refractivity contribution is 5.79. The molecule has 0 saturated carbocycles. The van der Waals surface area contributed by atoms with Crippen molar-refractivity contribution in [1.29, 1.82) is 0 Å². The van der Waals surface area contributed by atoms with Crippen LogP contribution in [-0.2, 0) is 0 Å². The van der Waals surface area contributed by atoms with Gasteiger partial charge in [-0.15, -0.1) is 0 Å². The van der Waals surface area contributed by atoms with Gasteiger partial charge in [-0.2, -0.15) is 0 Å². The predicted octanol–water partition coefficient (Wildman–Crippen LogP) is 5.94. The smallest absolute Gasteiger partial charge is 0.0924 e. The molecule has 1 aliphatic rings. The maximum absolute atomic E-state index is 6.44. The summed E-state index contributed by atoms with van der Waals surface area (Å²) in [6, 6.07) is 6.69. The highest BCUT2D eigenvalue weighted by Crippen LogP contribution is 2.44. The molecular formula is C23H38N2. The molecule has 0 aromatic heterocycles. The zero-order valence-electron chi connectivity index (χ0n) is 16.2. The van der Waals surface area contributed by atoms with Gasteiger partial charge in [-0.3, -0.25) is 0 Å². The van der Waals surface area contributed by atoms with Crippen molar-refractivity contribution in [2.45, 2.75) is 79.3 Å². The van der Waals surface area contributed by atoms with Gasteiger partial charge in [0.15, 0.2) is 0 Å². The molecule has 1 aromatic carbocycles. The molecule has 0 spiro atoms. The van der Waals surface area contributed by atoms with E-state index in [9.17, 15) is 0 Å². The van der Waals surface area contributed by atoms with Crippen molar-refractivity contribution in [3.63, 3.8) is 0 Å². The van der Waals surface area contributed by atoms with Crippen LogP contribution in [0, 0.1) is 5.41 Å². The van der Waals surface area contributed by atoms with Crippen LogP contribution in [0.15, 0.2) is 36.4 Å². The molecule has 4 N–H and O–H groups in total. The number of rotatable bonds is 5. The van der Waals surface area contributed by atoms with Gasteiger partial charge < -0.3 is 11.5 Å². The average Bonchev–Trinajstić information content (AvgIpc) is 2.54. The van der Waals surface area contributed by atoms with Crippen molar-refractivity contribution in [3.05, 3.63) is 53.1 Å². The molecule has 0 fully saturated rings. The van der Waals surface area contributed by atoms with E-state index in [2.05, 4.69) is 71.9 Å². The minimum atomic E-state index is -0.784. The number of hydrogen-bond donors (Lipinski definition) is 2. The van der Waals surface area contributed by atoms with E-state index in [4.69, 9.17) is 11.5 Å². The lowest BCUT2D eigenvalue weighted by molar-refractivity contribution is 0.214. The van der Waals surface area contributed by atoms with Gasteiger partial charge in [-0.25, -0.2) is 0 Å². The standard InChI is InChI=1S/C22H34N2.CH4/c1-7-21(8-2)14-17(12-13-22(21,23)24)19-11-9-10-18(15(3)4)20(19)16(5)6;/h9-16H,7-8,23-24H2,1-6H3;1H4. The summed E-state index contributed by atoms with van der Waals surface area (Å²) in [5.41, 5.74) is 17.4. The third-order valence-electron chi connectivity index (χ3n) is 5.74. The summed E-state index contributed by atoms with van der Waals surface area (Å²) in [5.74, 6) is 0.994. The van der Waals surface area contributed by atoms with Crippen molar-refractivity contribution in [3.8, 4) is 0 Å². The zero-order valence-corrected chi connectivity index (χ0v) is 16.2. The van der Waals surface area contributed by atoms with E-state index in [-0.39, 0.29) is 12.8 Å². The quantitative estimate of drug-likeness (QED) is 0.650. The highest BCUT2D eigenvalue weighted by Gasteiger charge is 2.42. The summed E-state index contributed by atoms with van der Waals surface area (Å²) in [6.07, 6.45) is 8.32. The van der Waals surface area contributed by atoms with Crippen LogP contribution in [0.4, 0.5) is 0 Å². The average molecular weight is 343 g/mol. The van der Waals surface area contributed by atoms with E-state index < -0.39 is 5.66 Å². The maximum atomic E-state index is 6.44. The molecule has 140 valence electrons. The van der Waals surface area contributed by atoms with Crippen molar-refractivity contribution in [1.82, 2.24) is 0 Å². The molecule has 0 bridgehead atoms. The molecule has 0 radical (unpaired) electrons. The molecule has 2 nitrogen and oxygen atoms in total. The van der Waals surface area contributed by atoms with Gasteiger partial charge in [0.25, 0.3) is 0 Å². The lowest BCUT2D eigenvalue weighted by Crippen LogP contribution is -2.61. The van der Waals surface area contributed by atoms with Crippen LogP contribution < -0.4 is 11.5 Å². The monoisotopic (exact) mass is 342 g/mol. The highest BCUT2D eigenvalue weighted by atomic mass is 15.0. The predicted molar refractivity (Wildman–Crippen MR) is 113 cm³/mol. The molecule has 0 heterocycles. The van der Waals surface area contributed by atoms with E-state index in [1.54, 1.807) is 0 Å². The summed E-state index contributed by atoms with van der Waals surface area (Å²) in [4.78, 5) is 0. The molecular weight excluding hydrogens is 304 g/mol. The Morgan fingerprint density at radius 2 is 1.56 bits per heavy atom. The molecule has 2 rings (SSSR count). The van der Waals surface area contributed by atoms with Crippen molar-refractivity contribution in [2.24, 2.45) is 16.9 Å². The number of benzene rings is 1. The van der Waals surface area contributed by atoms with Crippen LogP contribution in [0.5, 0.6) is 0 Å². The second-order valence-electron chi connectivity index (χ2n) is 7.85. The minimum Gasteiger partial charge on any atom is -0.309 e. The maximum Gasteiger partial charge on any atom is 0.0924 e. The summed E-state index contributed by atoms with van der Waals surface area (Å²) < 4.78 is 0. The fraction of sp³-hybridized carbons (Fsp3) is 0.565. The van der Waals surface area contributed by atoms with Crippen molar-refractivity contribution in [2.75, 3.05) is 0 Å². The Morgan fingerprint density at radius 1 is 0.960 bits per heavy atom. The molecule has 0 aliphatic heterocycles. The Balaban J connectivity index is 0.00000312. The number of allylic oxidation sites excluding steroid dienone is 2. The first-order chi connectivity index (χ1) is 11.2. The summed E-state index contributed by atoms with van der Waals surface area (Å²) >= 11 is 0. The number of hydrogen-bond acceptors (Lipinski definition) is 2. The van der Waals surface area contributed by atoms with Gasteiger partial charge in [0.2, 0.25) is 0 Å². The van der Waals surface area contributed by atoms with Crippen LogP contribution in [-0.4, -0.2) is 5.66 Å². The second-order valence-corrected chi connectivity index (χ2v) is 7.85. The lowest BCUT2D eigenvalue weighted by Gasteiger charge is -2.44. The Labute approximate surface area is 155 Å². The van der Waals surface area contributed by atoms with E-state index in [1.807, 2.05) is 6.08 Å². The summed E-state index contributed by atoms with van der Waals surface area (Å²) in [6.45, 7) is 13.5. The Morgan fingerprint density at radius 3 is 2.04 bits per heavy atom. The van der Waals surface area contributed by atoms with Crippen molar-refractivity contribution < 1.29 is 0 Å². The molecule has 2 heteroatoms. The molecule has 0 amide bonds. The number of nitrogens with two attached hydrogens (primary N) is 2. The van der Waals surface area contributed by atoms with Gasteiger partial charge in [0.05, 0.1) is 5.66 Å². The molecule has 0 unspecified atom stereocenters. The largest absolute Gasteiger partial charge is 0.309 e. The molecule has 0 saturated heterocycles. The molecule has 25 heavy (non-hydrogen) atoms. The van der Waals surface area contributed by atoms with Gasteiger partial charge in [-0.05, 0) is 53.0 Å². The Hall–Kier alpha value is -1.38. The third-order valence-corrected chi connectivity index (χ3v) is 5.74.